The number of nitrogens with one attached hydrogen (secondary N) is 1. The van der Waals surface area contributed by atoms with Crippen LogP contribution >= 0.6 is 11.6 Å². The minimum Gasteiger partial charge on any atom is -0.349 e. The Hall–Kier alpha value is -3.03. The third-order valence-corrected chi connectivity index (χ3v) is 4.92. The van der Waals surface area contributed by atoms with E-state index in [4.69, 9.17) is 11.6 Å². The lowest BCUT2D eigenvalue weighted by Crippen LogP contribution is -2.26. The van der Waals surface area contributed by atoms with E-state index in [1.54, 1.807) is 6.08 Å². The summed E-state index contributed by atoms with van der Waals surface area (Å²) in [4.78, 5) is 12.3. The van der Waals surface area contributed by atoms with E-state index < -0.39 is 0 Å². The number of benzene rings is 2. The van der Waals surface area contributed by atoms with Crippen molar-refractivity contribution in [2.45, 2.75) is 25.4 Å². The molecule has 4 nitrogen and oxygen atoms in total. The van der Waals surface area contributed by atoms with Crippen LogP contribution in [0.1, 0.15) is 24.0 Å². The van der Waals surface area contributed by atoms with Crippen molar-refractivity contribution in [3.8, 4) is 6.07 Å². The number of nitrogens with zero attached hydrogens (tertiary/aromatic N) is 2. The third-order valence-electron chi connectivity index (χ3n) is 4.66. The quantitative estimate of drug-likeness (QED) is 0.526. The first-order valence-electron chi connectivity index (χ1n) is 8.89. The molecule has 2 aromatic carbocycles. The highest BCUT2D eigenvalue weighted by atomic mass is 35.5. The van der Waals surface area contributed by atoms with E-state index in [-0.39, 0.29) is 17.5 Å². The second kappa shape index (κ2) is 7.30. The largest absolute Gasteiger partial charge is 0.349 e. The fraction of sp³-hybridized carbons (Fsp3) is 0.182. The van der Waals surface area contributed by atoms with Gasteiger partial charge in [0.25, 0.3) is 5.91 Å². The maximum absolute atomic E-state index is 12.3. The van der Waals surface area contributed by atoms with Crippen LogP contribution in [-0.4, -0.2) is 16.5 Å². The van der Waals surface area contributed by atoms with E-state index in [1.807, 2.05) is 60.8 Å². The van der Waals surface area contributed by atoms with Crippen molar-refractivity contribution in [1.82, 2.24) is 9.88 Å². The predicted molar refractivity (Wildman–Crippen MR) is 107 cm³/mol. The molecule has 1 aromatic heterocycles. The summed E-state index contributed by atoms with van der Waals surface area (Å²) in [6.45, 7) is 0.682. The van der Waals surface area contributed by atoms with E-state index >= 15 is 0 Å². The summed E-state index contributed by atoms with van der Waals surface area (Å²) >= 11 is 5.97. The van der Waals surface area contributed by atoms with Crippen LogP contribution in [0.5, 0.6) is 0 Å². The number of fused-ring (bicyclic) bond motifs is 1. The Bertz CT molecular complexity index is 1070. The molecule has 134 valence electrons. The van der Waals surface area contributed by atoms with Crippen LogP contribution in [0.2, 0.25) is 5.02 Å². The molecule has 4 rings (SSSR count). The number of hydrogen-bond acceptors (Lipinski definition) is 2. The minimum absolute atomic E-state index is 0.135. The molecule has 5 heteroatoms. The lowest BCUT2D eigenvalue weighted by atomic mass is 10.1. The molecule has 0 unspecified atom stereocenters. The van der Waals surface area contributed by atoms with Gasteiger partial charge in [0, 0.05) is 40.3 Å². The number of hydrogen-bond donors (Lipinski definition) is 1. The van der Waals surface area contributed by atoms with Gasteiger partial charge in [0.1, 0.15) is 11.6 Å². The normalized spacial score (nSPS) is 14.1. The summed E-state index contributed by atoms with van der Waals surface area (Å²) in [6.07, 6.45) is 5.65. The molecule has 1 fully saturated rings. The Kier molecular flexibility index (Phi) is 4.70. The first-order valence-corrected chi connectivity index (χ1v) is 9.27. The molecule has 0 atom stereocenters. The van der Waals surface area contributed by atoms with Crippen molar-refractivity contribution in [2.75, 3.05) is 0 Å². The van der Waals surface area contributed by atoms with E-state index in [0.29, 0.717) is 11.6 Å². The van der Waals surface area contributed by atoms with E-state index in [2.05, 4.69) is 9.88 Å². The highest BCUT2D eigenvalue weighted by Gasteiger charge is 2.24. The number of para-hydroxylation sites is 1. The van der Waals surface area contributed by atoms with E-state index in [0.717, 1.165) is 34.9 Å². The summed E-state index contributed by atoms with van der Waals surface area (Å²) in [5, 5.41) is 14.0. The average molecular weight is 376 g/mol. The Morgan fingerprint density at radius 1 is 1.22 bits per heavy atom. The highest BCUT2D eigenvalue weighted by molar-refractivity contribution is 6.30. The van der Waals surface area contributed by atoms with Gasteiger partial charge >= 0.3 is 0 Å². The second-order valence-corrected chi connectivity index (χ2v) is 7.21. The predicted octanol–water partition coefficient (Wildman–Crippen LogP) is 4.53. The Morgan fingerprint density at radius 2 is 1.96 bits per heavy atom. The molecule has 3 aromatic rings. The summed E-state index contributed by atoms with van der Waals surface area (Å²) < 4.78 is 2.12. The van der Waals surface area contributed by atoms with Crippen molar-refractivity contribution in [3.05, 3.63) is 76.5 Å². The molecule has 0 saturated heterocycles. The van der Waals surface area contributed by atoms with Crippen LogP contribution in [-0.2, 0) is 11.3 Å². The van der Waals surface area contributed by atoms with E-state index in [9.17, 15) is 10.1 Å². The molecular weight excluding hydrogens is 358 g/mol. The Labute approximate surface area is 162 Å². The van der Waals surface area contributed by atoms with Gasteiger partial charge in [-0.25, -0.2) is 0 Å². The van der Waals surface area contributed by atoms with Gasteiger partial charge in [-0.1, -0.05) is 41.9 Å². The number of rotatable bonds is 5. The number of amides is 1. The fourth-order valence-electron chi connectivity index (χ4n) is 3.10. The maximum Gasteiger partial charge on any atom is 0.262 e. The molecule has 1 amide bonds. The van der Waals surface area contributed by atoms with E-state index in [1.165, 1.54) is 0 Å². The van der Waals surface area contributed by atoms with Gasteiger partial charge in [-0.15, -0.1) is 0 Å². The maximum atomic E-state index is 12.3. The van der Waals surface area contributed by atoms with Crippen molar-refractivity contribution < 1.29 is 4.79 Å². The molecular formula is C22H18ClN3O. The topological polar surface area (TPSA) is 57.8 Å². The van der Waals surface area contributed by atoms with Crippen LogP contribution in [0.25, 0.3) is 17.0 Å². The molecule has 1 aliphatic carbocycles. The number of aromatic nitrogens is 1. The third kappa shape index (κ3) is 3.89. The first kappa shape index (κ1) is 17.4. The van der Waals surface area contributed by atoms with Crippen LogP contribution < -0.4 is 5.32 Å². The smallest absolute Gasteiger partial charge is 0.262 e. The van der Waals surface area contributed by atoms with Gasteiger partial charge in [0.2, 0.25) is 0 Å². The lowest BCUT2D eigenvalue weighted by molar-refractivity contribution is -0.117. The summed E-state index contributed by atoms with van der Waals surface area (Å²) in [5.41, 5.74) is 3.18. The van der Waals surface area contributed by atoms with Gasteiger partial charge in [-0.2, -0.15) is 5.26 Å². The molecule has 0 spiro atoms. The summed E-state index contributed by atoms with van der Waals surface area (Å²) in [5.74, 6) is -0.297. The molecule has 1 N–H and O–H groups in total. The first-order chi connectivity index (χ1) is 13.1. The molecule has 1 heterocycles. The zero-order valence-corrected chi connectivity index (χ0v) is 15.4. The monoisotopic (exact) mass is 375 g/mol. The van der Waals surface area contributed by atoms with Gasteiger partial charge < -0.3 is 9.88 Å². The molecule has 0 bridgehead atoms. The van der Waals surface area contributed by atoms with Crippen molar-refractivity contribution >= 4 is 34.5 Å². The zero-order valence-electron chi connectivity index (χ0n) is 14.7. The van der Waals surface area contributed by atoms with Gasteiger partial charge in [-0.3, -0.25) is 4.79 Å². The number of nitriles is 1. The van der Waals surface area contributed by atoms with Gasteiger partial charge in [-0.05, 0) is 42.7 Å². The van der Waals surface area contributed by atoms with Crippen molar-refractivity contribution in [1.29, 1.82) is 5.26 Å². The SMILES string of the molecule is N#C/C(=C\c1cn(Cc2ccc(Cl)cc2)c2ccccc12)C(=O)NC1CC1. The number of carbonyl (C=O) groups is 1. The Morgan fingerprint density at radius 3 is 2.67 bits per heavy atom. The molecule has 0 radical (unpaired) electrons. The highest BCUT2D eigenvalue weighted by Crippen LogP contribution is 2.25. The average Bonchev–Trinajstić information content (AvgIpc) is 3.43. The van der Waals surface area contributed by atoms with Crippen molar-refractivity contribution in [3.63, 3.8) is 0 Å². The van der Waals surface area contributed by atoms with Crippen LogP contribution in [0.4, 0.5) is 0 Å². The van der Waals surface area contributed by atoms with Crippen LogP contribution in [0, 0.1) is 11.3 Å². The summed E-state index contributed by atoms with van der Waals surface area (Å²) in [6, 6.07) is 18.0. The molecule has 27 heavy (non-hydrogen) atoms. The zero-order chi connectivity index (χ0) is 18.8. The summed E-state index contributed by atoms with van der Waals surface area (Å²) in [7, 11) is 0. The number of halogens is 1. The van der Waals surface area contributed by atoms with Gasteiger partial charge in [0.05, 0.1) is 0 Å². The minimum atomic E-state index is -0.297. The van der Waals surface area contributed by atoms with Crippen LogP contribution in [0.15, 0.2) is 60.3 Å². The molecule has 1 aliphatic rings. The second-order valence-electron chi connectivity index (χ2n) is 6.77. The Balaban J connectivity index is 1.70. The fourth-order valence-corrected chi connectivity index (χ4v) is 3.23. The van der Waals surface area contributed by atoms with Crippen LogP contribution in [0.3, 0.4) is 0 Å². The standard InChI is InChI=1S/C22H18ClN3O/c23-18-7-5-15(6-8-18)13-26-14-17(20-3-1-2-4-21(20)26)11-16(12-24)22(27)25-19-9-10-19/h1-8,11,14,19H,9-10,13H2,(H,25,27)/b16-11+. The van der Waals surface area contributed by atoms with Crippen molar-refractivity contribution in [2.24, 2.45) is 0 Å². The molecule has 0 aliphatic heterocycles. The van der Waals surface area contributed by atoms with Gasteiger partial charge in [0.15, 0.2) is 0 Å². The molecule has 1 saturated carbocycles. The lowest BCUT2D eigenvalue weighted by Gasteiger charge is -2.05. The number of carbonyl (C=O) groups excluding carboxylic acids is 1.